The topological polar surface area (TPSA) is 84.2 Å². The van der Waals surface area contributed by atoms with E-state index in [2.05, 4.69) is 10.3 Å². The van der Waals surface area contributed by atoms with Crippen LogP contribution in [0.1, 0.15) is 41.6 Å². The van der Waals surface area contributed by atoms with Gasteiger partial charge in [-0.25, -0.2) is 0 Å². The summed E-state index contributed by atoms with van der Waals surface area (Å²) in [6.45, 7) is 3.66. The smallest absolute Gasteiger partial charge is 0.391 e. The predicted molar refractivity (Wildman–Crippen MR) is 123 cm³/mol. The number of aryl methyl sites for hydroxylation is 2. The van der Waals surface area contributed by atoms with Crippen LogP contribution in [0.3, 0.4) is 0 Å². The molecule has 0 saturated carbocycles. The first-order valence-electron chi connectivity index (χ1n) is 10.8. The zero-order valence-corrected chi connectivity index (χ0v) is 18.8. The first kappa shape index (κ1) is 25.2. The molecule has 0 amide bonds. The number of nitrogens with one attached hydrogen (secondary N) is 1. The molecule has 0 aliphatic rings. The van der Waals surface area contributed by atoms with Gasteiger partial charge in [0.25, 0.3) is 5.56 Å². The largest absolute Gasteiger partial charge is 0.481 e. The van der Waals surface area contributed by atoms with Gasteiger partial charge in [-0.2, -0.15) is 13.2 Å². The van der Waals surface area contributed by atoms with Crippen LogP contribution in [0.4, 0.5) is 13.2 Å². The Labute approximate surface area is 195 Å². The van der Waals surface area contributed by atoms with Crippen LogP contribution in [-0.4, -0.2) is 33.3 Å². The van der Waals surface area contributed by atoms with Gasteiger partial charge in [-0.3, -0.25) is 14.6 Å². The monoisotopic (exact) mass is 473 g/mol. The third kappa shape index (κ3) is 6.54. The molecule has 0 bridgehead atoms. The molecule has 6 nitrogen and oxygen atoms in total. The van der Waals surface area contributed by atoms with Gasteiger partial charge in [-0.05, 0) is 48.2 Å². The first-order valence-corrected chi connectivity index (χ1v) is 10.8. The van der Waals surface area contributed by atoms with E-state index in [1.165, 1.54) is 30.6 Å². The number of carboxylic acid groups (broad SMARTS) is 1. The third-order valence-corrected chi connectivity index (χ3v) is 5.62. The van der Waals surface area contributed by atoms with E-state index in [4.69, 9.17) is 0 Å². The molecule has 2 N–H and O–H groups in total. The lowest BCUT2D eigenvalue weighted by atomic mass is 9.94. The summed E-state index contributed by atoms with van der Waals surface area (Å²) in [5, 5.41) is 12.4. The van der Waals surface area contributed by atoms with Crippen molar-refractivity contribution in [3.63, 3.8) is 0 Å². The fourth-order valence-corrected chi connectivity index (χ4v) is 4.09. The van der Waals surface area contributed by atoms with Crippen molar-refractivity contribution in [2.24, 2.45) is 0 Å². The van der Waals surface area contributed by atoms with Crippen LogP contribution < -0.4 is 10.9 Å². The molecule has 2 aromatic heterocycles. The van der Waals surface area contributed by atoms with Crippen molar-refractivity contribution in [1.82, 2.24) is 14.9 Å². The zero-order chi connectivity index (χ0) is 24.9. The summed E-state index contributed by atoms with van der Waals surface area (Å²) in [6, 6.07) is 9.75. The number of rotatable bonds is 9. The van der Waals surface area contributed by atoms with Crippen molar-refractivity contribution in [3.8, 4) is 11.1 Å². The zero-order valence-electron chi connectivity index (χ0n) is 18.8. The number of hydrogen-bond acceptors (Lipinski definition) is 4. The molecule has 0 aliphatic carbocycles. The average Bonchev–Trinajstić information content (AvgIpc) is 2.75. The molecule has 1 aromatic carbocycles. The number of aliphatic carboxylic acids is 1. The molecule has 0 spiro atoms. The van der Waals surface area contributed by atoms with Crippen molar-refractivity contribution >= 4 is 5.97 Å². The Morgan fingerprint density at radius 1 is 1.12 bits per heavy atom. The number of hydrogen-bond donors (Lipinski definition) is 2. The fourth-order valence-electron chi connectivity index (χ4n) is 4.09. The second-order valence-corrected chi connectivity index (χ2v) is 8.25. The summed E-state index contributed by atoms with van der Waals surface area (Å²) in [6.07, 6.45) is -1.62. The molecule has 2 atom stereocenters. The standard InChI is InChI=1S/C25H26F3N3O3/c1-16-6-5-7-17(2)24(16)19-10-18(13-29-14-19)21(11-23(33)34)30-15-20(12-25(26,27)28)31-9-4-3-8-22(31)32/h3-10,13-14,20-21,30H,11-12,15H2,1-2H3,(H,33,34). The van der Waals surface area contributed by atoms with E-state index in [1.54, 1.807) is 12.3 Å². The maximum absolute atomic E-state index is 13.2. The predicted octanol–water partition coefficient (Wildman–Crippen LogP) is 4.83. The SMILES string of the molecule is Cc1cccc(C)c1-c1cncc(C(CC(=O)O)NCC(CC(F)(F)F)n2ccccc2=O)c1. The minimum absolute atomic E-state index is 0.255. The van der Waals surface area contributed by atoms with Crippen molar-refractivity contribution < 1.29 is 23.1 Å². The summed E-state index contributed by atoms with van der Waals surface area (Å²) in [5.74, 6) is -1.11. The van der Waals surface area contributed by atoms with Crippen molar-refractivity contribution in [3.05, 3.63) is 88.1 Å². The molecule has 0 aliphatic heterocycles. The first-order chi connectivity index (χ1) is 16.0. The maximum atomic E-state index is 13.2. The van der Waals surface area contributed by atoms with E-state index in [9.17, 15) is 27.9 Å². The molecule has 9 heteroatoms. The molecular formula is C25H26F3N3O3. The van der Waals surface area contributed by atoms with Gasteiger partial charge in [0.1, 0.15) is 0 Å². The second-order valence-electron chi connectivity index (χ2n) is 8.25. The van der Waals surface area contributed by atoms with Crippen LogP contribution >= 0.6 is 0 Å². The molecule has 3 aromatic rings. The molecular weight excluding hydrogens is 447 g/mol. The third-order valence-electron chi connectivity index (χ3n) is 5.62. The maximum Gasteiger partial charge on any atom is 0.391 e. The minimum atomic E-state index is -4.51. The normalized spacial score (nSPS) is 13.4. The summed E-state index contributed by atoms with van der Waals surface area (Å²) in [4.78, 5) is 28.0. The van der Waals surface area contributed by atoms with Gasteiger partial charge >= 0.3 is 12.1 Å². The molecule has 34 heavy (non-hydrogen) atoms. The van der Waals surface area contributed by atoms with E-state index in [-0.39, 0.29) is 13.0 Å². The minimum Gasteiger partial charge on any atom is -0.481 e. The van der Waals surface area contributed by atoms with E-state index >= 15 is 0 Å². The Kier molecular flexibility index (Phi) is 7.88. The van der Waals surface area contributed by atoms with Crippen LogP contribution in [0.5, 0.6) is 0 Å². The summed E-state index contributed by atoms with van der Waals surface area (Å²) < 4.78 is 40.8. The highest BCUT2D eigenvalue weighted by atomic mass is 19.4. The van der Waals surface area contributed by atoms with E-state index in [0.29, 0.717) is 5.56 Å². The van der Waals surface area contributed by atoms with Gasteiger partial charge in [-0.1, -0.05) is 24.3 Å². The van der Waals surface area contributed by atoms with Crippen LogP contribution in [0, 0.1) is 13.8 Å². The van der Waals surface area contributed by atoms with E-state index in [0.717, 1.165) is 26.8 Å². The molecule has 180 valence electrons. The van der Waals surface area contributed by atoms with Crippen LogP contribution in [0.2, 0.25) is 0 Å². The number of halogens is 3. The molecule has 2 unspecified atom stereocenters. The van der Waals surface area contributed by atoms with Gasteiger partial charge in [0.2, 0.25) is 0 Å². The van der Waals surface area contributed by atoms with Gasteiger partial charge in [0.15, 0.2) is 0 Å². The van der Waals surface area contributed by atoms with Gasteiger partial charge in [-0.15, -0.1) is 0 Å². The summed E-state index contributed by atoms with van der Waals surface area (Å²) in [5.41, 5.74) is 3.78. The fraction of sp³-hybridized carbons (Fsp3) is 0.320. The Morgan fingerprint density at radius 3 is 2.44 bits per heavy atom. The highest BCUT2D eigenvalue weighted by Crippen LogP contribution is 2.30. The summed E-state index contributed by atoms with van der Waals surface area (Å²) in [7, 11) is 0. The van der Waals surface area contributed by atoms with Crippen molar-refractivity contribution in [1.29, 1.82) is 0 Å². The molecule has 3 rings (SSSR count). The Bertz CT molecular complexity index is 1190. The highest BCUT2D eigenvalue weighted by molar-refractivity contribution is 5.71. The molecule has 0 fully saturated rings. The van der Waals surface area contributed by atoms with E-state index < -0.39 is 36.2 Å². The van der Waals surface area contributed by atoms with Gasteiger partial charge < -0.3 is 15.0 Å². The number of nitrogens with zero attached hydrogens (tertiary/aromatic N) is 2. The summed E-state index contributed by atoms with van der Waals surface area (Å²) >= 11 is 0. The van der Waals surface area contributed by atoms with Crippen molar-refractivity contribution in [2.75, 3.05) is 6.54 Å². The number of alkyl halides is 3. The lowest BCUT2D eigenvalue weighted by Gasteiger charge is -2.25. The lowest BCUT2D eigenvalue weighted by Crippen LogP contribution is -2.36. The number of aromatic nitrogens is 2. The van der Waals surface area contributed by atoms with Crippen LogP contribution in [0.25, 0.3) is 11.1 Å². The van der Waals surface area contributed by atoms with Crippen LogP contribution in [0.15, 0.2) is 65.8 Å². The highest BCUT2D eigenvalue weighted by Gasteiger charge is 2.33. The second kappa shape index (κ2) is 10.6. The number of carboxylic acids is 1. The number of benzene rings is 1. The number of pyridine rings is 2. The van der Waals surface area contributed by atoms with Crippen molar-refractivity contribution in [2.45, 2.75) is 44.9 Å². The Hall–Kier alpha value is -3.46. The molecule has 0 radical (unpaired) electrons. The quantitative estimate of drug-likeness (QED) is 0.465. The average molecular weight is 473 g/mol. The molecule has 0 saturated heterocycles. The molecule has 2 heterocycles. The van der Waals surface area contributed by atoms with Crippen LogP contribution in [-0.2, 0) is 4.79 Å². The lowest BCUT2D eigenvalue weighted by molar-refractivity contribution is -0.143. The van der Waals surface area contributed by atoms with E-state index in [1.807, 2.05) is 32.0 Å². The number of carbonyl (C=O) groups is 1. The van der Waals surface area contributed by atoms with Gasteiger partial charge in [0.05, 0.1) is 18.9 Å². The Morgan fingerprint density at radius 2 is 1.82 bits per heavy atom. The van der Waals surface area contributed by atoms with Gasteiger partial charge in [0, 0.05) is 42.8 Å². The Balaban J connectivity index is 1.92.